The Kier molecular flexibility index (Phi) is 10.8. The number of alkyl carbamates (subject to hydrolysis) is 1. The normalized spacial score (nSPS) is 12.8. The largest absolute Gasteiger partial charge is 0.444 e. The Hall–Kier alpha value is -3.01. The molecule has 0 saturated heterocycles. The molecule has 0 aliphatic heterocycles. The van der Waals surface area contributed by atoms with Crippen molar-refractivity contribution in [1.82, 2.24) is 15.5 Å². The summed E-state index contributed by atoms with van der Waals surface area (Å²) < 4.78 is 5.27. The van der Waals surface area contributed by atoms with Crippen molar-refractivity contribution in [3.05, 3.63) is 35.4 Å². The molecular formula is C25H37N3O4. The number of nitrogens with zero attached hydrogens (tertiary/aromatic N) is 1. The molecule has 2 unspecified atom stereocenters. The number of hydrogen-bond acceptors (Lipinski definition) is 4. The van der Waals surface area contributed by atoms with E-state index < -0.39 is 23.8 Å². The maximum absolute atomic E-state index is 13.4. The molecule has 2 N–H and O–H groups in total. The molecule has 2 atom stereocenters. The minimum Gasteiger partial charge on any atom is -0.444 e. The number of carbonyl (C=O) groups excluding carboxylic acids is 3. The molecule has 0 aromatic heterocycles. The molecule has 176 valence electrons. The van der Waals surface area contributed by atoms with E-state index in [9.17, 15) is 14.4 Å². The summed E-state index contributed by atoms with van der Waals surface area (Å²) in [5, 5.41) is 5.50. The Morgan fingerprint density at radius 3 is 2.38 bits per heavy atom. The number of carbonyl (C=O) groups is 3. The summed E-state index contributed by atoms with van der Waals surface area (Å²) in [4.78, 5) is 40.3. The lowest BCUT2D eigenvalue weighted by atomic mass is 9.97. The number of unbranched alkanes of at least 4 members (excludes halogenated alkanes) is 1. The van der Waals surface area contributed by atoms with Crippen LogP contribution < -0.4 is 10.6 Å². The molecule has 0 aliphatic carbocycles. The van der Waals surface area contributed by atoms with Crippen molar-refractivity contribution in [3.8, 4) is 12.3 Å². The lowest BCUT2D eigenvalue weighted by molar-refractivity contribution is -0.142. The second-order valence-electron chi connectivity index (χ2n) is 8.68. The summed E-state index contributed by atoms with van der Waals surface area (Å²) in [6.07, 6.45) is 7.38. The maximum atomic E-state index is 13.4. The number of ether oxygens (including phenoxy) is 1. The van der Waals surface area contributed by atoms with E-state index in [4.69, 9.17) is 11.2 Å². The van der Waals surface area contributed by atoms with E-state index in [1.54, 1.807) is 52.0 Å². The van der Waals surface area contributed by atoms with Crippen LogP contribution in [0.5, 0.6) is 0 Å². The minimum absolute atomic E-state index is 0.299. The Labute approximate surface area is 192 Å². The van der Waals surface area contributed by atoms with Gasteiger partial charge in [0, 0.05) is 18.7 Å². The molecule has 0 aliphatic rings. The molecule has 32 heavy (non-hydrogen) atoms. The average Bonchev–Trinajstić information content (AvgIpc) is 2.71. The minimum atomic E-state index is -0.908. The molecule has 7 nitrogen and oxygen atoms in total. The Morgan fingerprint density at radius 2 is 1.81 bits per heavy atom. The highest BCUT2D eigenvalue weighted by atomic mass is 16.6. The van der Waals surface area contributed by atoms with Crippen LogP contribution in [0.4, 0.5) is 4.79 Å². The standard InChI is InChI=1S/C25H37N3O4/c1-8-11-16-26-22(29)21(20-15-13-12-14-19(20)10-3)28(17-9-2)23(30)18(4)27-24(31)32-25(5,6)7/h3,12-15,18,21H,8-9,11,16-17H2,1-2,4-7H3,(H,26,29)(H,27,31). The molecule has 1 rings (SSSR count). The second-order valence-corrected chi connectivity index (χ2v) is 8.68. The third kappa shape index (κ3) is 8.26. The predicted octanol–water partition coefficient (Wildman–Crippen LogP) is 3.78. The Bertz CT molecular complexity index is 823. The summed E-state index contributed by atoms with van der Waals surface area (Å²) in [5.41, 5.74) is 0.434. The number of hydrogen-bond donors (Lipinski definition) is 2. The molecule has 0 radical (unpaired) electrons. The van der Waals surface area contributed by atoms with E-state index in [1.807, 2.05) is 13.8 Å². The SMILES string of the molecule is C#Cc1ccccc1C(C(=O)NCCCC)N(CCC)C(=O)C(C)NC(=O)OC(C)(C)C. The fourth-order valence-corrected chi connectivity index (χ4v) is 3.20. The van der Waals surface area contributed by atoms with Crippen molar-refractivity contribution in [1.29, 1.82) is 0 Å². The van der Waals surface area contributed by atoms with E-state index in [-0.39, 0.29) is 11.8 Å². The molecule has 0 fully saturated rings. The lowest BCUT2D eigenvalue weighted by Gasteiger charge is -2.34. The molecule has 0 saturated carbocycles. The molecular weight excluding hydrogens is 406 g/mol. The van der Waals surface area contributed by atoms with E-state index in [2.05, 4.69) is 16.6 Å². The molecule has 1 aromatic carbocycles. The molecule has 0 spiro atoms. The van der Waals surface area contributed by atoms with Crippen LogP contribution in [0.15, 0.2) is 24.3 Å². The van der Waals surface area contributed by atoms with E-state index in [0.29, 0.717) is 30.6 Å². The quantitative estimate of drug-likeness (QED) is 0.426. The van der Waals surface area contributed by atoms with Crippen molar-refractivity contribution in [2.45, 2.75) is 78.5 Å². The third-order valence-electron chi connectivity index (χ3n) is 4.65. The molecule has 0 bridgehead atoms. The first-order valence-electron chi connectivity index (χ1n) is 11.2. The van der Waals surface area contributed by atoms with E-state index in [0.717, 1.165) is 12.8 Å². The zero-order valence-electron chi connectivity index (χ0n) is 20.2. The highest BCUT2D eigenvalue weighted by molar-refractivity contribution is 5.92. The van der Waals surface area contributed by atoms with Gasteiger partial charge in [-0.15, -0.1) is 6.42 Å². The first-order chi connectivity index (χ1) is 15.1. The summed E-state index contributed by atoms with van der Waals surface area (Å²) >= 11 is 0. The molecule has 0 heterocycles. The van der Waals surface area contributed by atoms with E-state index in [1.165, 1.54) is 4.90 Å². The smallest absolute Gasteiger partial charge is 0.408 e. The van der Waals surface area contributed by atoms with Gasteiger partial charge in [-0.25, -0.2) is 4.79 Å². The number of rotatable bonds is 10. The zero-order valence-corrected chi connectivity index (χ0v) is 20.2. The van der Waals surface area contributed by atoms with Gasteiger partial charge < -0.3 is 20.3 Å². The van der Waals surface area contributed by atoms with Gasteiger partial charge in [0.05, 0.1) is 0 Å². The van der Waals surface area contributed by atoms with Gasteiger partial charge in [-0.05, 0) is 52.2 Å². The van der Waals surface area contributed by atoms with Gasteiger partial charge in [0.2, 0.25) is 11.8 Å². The Balaban J connectivity index is 3.28. The summed E-state index contributed by atoms with van der Waals surface area (Å²) in [6.45, 7) is 11.6. The highest BCUT2D eigenvalue weighted by Gasteiger charge is 2.35. The number of benzene rings is 1. The van der Waals surface area contributed by atoms with Gasteiger partial charge in [0.25, 0.3) is 0 Å². The fourth-order valence-electron chi connectivity index (χ4n) is 3.20. The van der Waals surface area contributed by atoms with Gasteiger partial charge in [-0.1, -0.05) is 44.4 Å². The van der Waals surface area contributed by atoms with Crippen molar-refractivity contribution >= 4 is 17.9 Å². The highest BCUT2D eigenvalue weighted by Crippen LogP contribution is 2.26. The van der Waals surface area contributed by atoms with Crippen molar-refractivity contribution in [3.63, 3.8) is 0 Å². The van der Waals surface area contributed by atoms with E-state index >= 15 is 0 Å². The lowest BCUT2D eigenvalue weighted by Crippen LogP contribution is -2.52. The second kappa shape index (κ2) is 12.7. The monoisotopic (exact) mass is 443 g/mol. The molecule has 3 amide bonds. The molecule has 7 heteroatoms. The van der Waals surface area contributed by atoms with Gasteiger partial charge in [0.15, 0.2) is 0 Å². The molecule has 1 aromatic rings. The number of amides is 3. The van der Waals surface area contributed by atoms with Crippen LogP contribution in [-0.2, 0) is 14.3 Å². The maximum Gasteiger partial charge on any atom is 0.408 e. The third-order valence-corrected chi connectivity index (χ3v) is 4.65. The summed E-state index contributed by atoms with van der Waals surface area (Å²) in [7, 11) is 0. The van der Waals surface area contributed by atoms with Gasteiger partial charge >= 0.3 is 6.09 Å². The van der Waals surface area contributed by atoms with Crippen molar-refractivity contribution < 1.29 is 19.1 Å². The van der Waals surface area contributed by atoms with Gasteiger partial charge in [-0.3, -0.25) is 9.59 Å². The van der Waals surface area contributed by atoms with Crippen molar-refractivity contribution in [2.75, 3.05) is 13.1 Å². The van der Waals surface area contributed by atoms with Crippen LogP contribution in [0.1, 0.15) is 78.0 Å². The van der Waals surface area contributed by atoms with Crippen LogP contribution in [-0.4, -0.2) is 47.5 Å². The van der Waals surface area contributed by atoms with Crippen LogP contribution in [0, 0.1) is 12.3 Å². The van der Waals surface area contributed by atoms with Crippen LogP contribution >= 0.6 is 0 Å². The first kappa shape index (κ1) is 27.0. The number of nitrogens with one attached hydrogen (secondary N) is 2. The van der Waals surface area contributed by atoms with Crippen LogP contribution in [0.2, 0.25) is 0 Å². The predicted molar refractivity (Wildman–Crippen MR) is 126 cm³/mol. The Morgan fingerprint density at radius 1 is 1.16 bits per heavy atom. The van der Waals surface area contributed by atoms with Crippen LogP contribution in [0.3, 0.4) is 0 Å². The topological polar surface area (TPSA) is 87.7 Å². The van der Waals surface area contributed by atoms with Crippen LogP contribution in [0.25, 0.3) is 0 Å². The first-order valence-corrected chi connectivity index (χ1v) is 11.2. The van der Waals surface area contributed by atoms with Crippen molar-refractivity contribution in [2.24, 2.45) is 0 Å². The zero-order chi connectivity index (χ0) is 24.3. The summed E-state index contributed by atoms with van der Waals surface area (Å²) in [6, 6.07) is 5.30. The van der Waals surface area contributed by atoms with Gasteiger partial charge in [-0.2, -0.15) is 0 Å². The van der Waals surface area contributed by atoms with Gasteiger partial charge in [0.1, 0.15) is 17.7 Å². The summed E-state index contributed by atoms with van der Waals surface area (Å²) in [5.74, 6) is 1.93. The number of terminal acetylenes is 1. The average molecular weight is 444 g/mol. The fraction of sp³-hybridized carbons (Fsp3) is 0.560.